The van der Waals surface area contributed by atoms with Crippen molar-refractivity contribution in [3.63, 3.8) is 0 Å². The largest absolute Gasteiger partial charge is 0.328 e. The molecule has 1 fully saturated rings. The summed E-state index contributed by atoms with van der Waals surface area (Å²) in [4.78, 5) is 2.62. The third-order valence-corrected chi connectivity index (χ3v) is 2.53. The van der Waals surface area contributed by atoms with Crippen LogP contribution in [-0.4, -0.2) is 30.1 Å². The predicted octanol–water partition coefficient (Wildman–Crippen LogP) is 1.84. The molecular formula is C11H24N2. The maximum absolute atomic E-state index is 5.77. The van der Waals surface area contributed by atoms with Crippen molar-refractivity contribution in [1.29, 1.82) is 0 Å². The Morgan fingerprint density at radius 1 is 1.31 bits per heavy atom. The summed E-state index contributed by atoms with van der Waals surface area (Å²) in [6.45, 7) is 9.13. The molecule has 1 rings (SSSR count). The first-order valence-electron chi connectivity index (χ1n) is 5.59. The zero-order valence-electron chi connectivity index (χ0n) is 9.29. The summed E-state index contributed by atoms with van der Waals surface area (Å²) >= 11 is 0. The normalized spacial score (nSPS) is 19.8. The molecule has 0 spiro atoms. The lowest BCUT2D eigenvalue weighted by molar-refractivity contribution is 0.227. The van der Waals surface area contributed by atoms with E-state index in [0.29, 0.717) is 6.04 Å². The van der Waals surface area contributed by atoms with Crippen molar-refractivity contribution in [2.45, 2.75) is 52.1 Å². The molecule has 1 aliphatic rings. The molecule has 0 amide bonds. The minimum absolute atomic E-state index is 0.355. The Morgan fingerprint density at radius 3 is 2.31 bits per heavy atom. The first-order chi connectivity index (χ1) is 6.09. The van der Waals surface area contributed by atoms with Gasteiger partial charge in [0.15, 0.2) is 0 Å². The van der Waals surface area contributed by atoms with E-state index in [9.17, 15) is 0 Å². The number of nitrogens with zero attached hydrogens (tertiary/aromatic N) is 1. The molecule has 0 aliphatic heterocycles. The van der Waals surface area contributed by atoms with Crippen LogP contribution in [0.5, 0.6) is 0 Å². The lowest BCUT2D eigenvalue weighted by Gasteiger charge is -2.24. The molecule has 1 atom stereocenters. The van der Waals surface area contributed by atoms with Crippen molar-refractivity contribution >= 4 is 0 Å². The zero-order valence-corrected chi connectivity index (χ0v) is 9.29. The first kappa shape index (κ1) is 11.0. The number of rotatable bonds is 6. The Morgan fingerprint density at radius 2 is 1.92 bits per heavy atom. The van der Waals surface area contributed by atoms with Crippen LogP contribution >= 0.6 is 0 Å². The summed E-state index contributed by atoms with van der Waals surface area (Å²) in [6.07, 6.45) is 3.96. The lowest BCUT2D eigenvalue weighted by Crippen LogP contribution is -2.33. The van der Waals surface area contributed by atoms with Crippen LogP contribution in [0.4, 0.5) is 0 Å². The quantitative estimate of drug-likeness (QED) is 0.682. The smallest absolute Gasteiger partial charge is 0.00965 e. The van der Waals surface area contributed by atoms with Crippen LogP contribution < -0.4 is 5.73 Å². The molecule has 1 unspecified atom stereocenters. The maximum atomic E-state index is 5.77. The predicted molar refractivity (Wildman–Crippen MR) is 57.7 cm³/mol. The van der Waals surface area contributed by atoms with Crippen LogP contribution in [0.1, 0.15) is 40.0 Å². The van der Waals surface area contributed by atoms with Gasteiger partial charge in [0.1, 0.15) is 0 Å². The van der Waals surface area contributed by atoms with Gasteiger partial charge in [-0.3, -0.25) is 0 Å². The number of hydrogen-bond acceptors (Lipinski definition) is 2. The van der Waals surface area contributed by atoms with E-state index in [1.165, 1.54) is 25.9 Å². The Balaban J connectivity index is 2.21. The molecular weight excluding hydrogens is 160 g/mol. The Kier molecular flexibility index (Phi) is 4.20. The highest BCUT2D eigenvalue weighted by Gasteiger charge is 2.28. The number of hydrogen-bond donors (Lipinski definition) is 1. The van der Waals surface area contributed by atoms with Gasteiger partial charge < -0.3 is 10.6 Å². The van der Waals surface area contributed by atoms with Gasteiger partial charge >= 0.3 is 0 Å². The van der Waals surface area contributed by atoms with Gasteiger partial charge in [-0.05, 0) is 38.6 Å². The first-order valence-corrected chi connectivity index (χ1v) is 5.59. The molecule has 0 saturated heterocycles. The molecule has 0 radical (unpaired) electrons. The SMILES string of the molecule is CC(C)CN(CCC(C)N)C1CC1. The fourth-order valence-corrected chi connectivity index (χ4v) is 1.70. The minimum atomic E-state index is 0.355. The van der Waals surface area contributed by atoms with Crippen LogP contribution in [0.3, 0.4) is 0 Å². The molecule has 2 heteroatoms. The second kappa shape index (κ2) is 4.97. The van der Waals surface area contributed by atoms with Gasteiger partial charge in [0.25, 0.3) is 0 Å². The second-order valence-corrected chi connectivity index (χ2v) is 4.89. The lowest BCUT2D eigenvalue weighted by atomic mass is 10.2. The fourth-order valence-electron chi connectivity index (χ4n) is 1.70. The van der Waals surface area contributed by atoms with E-state index in [-0.39, 0.29) is 0 Å². The van der Waals surface area contributed by atoms with Gasteiger partial charge in [-0.1, -0.05) is 13.8 Å². The van der Waals surface area contributed by atoms with E-state index >= 15 is 0 Å². The Bertz CT molecular complexity index is 139. The maximum Gasteiger partial charge on any atom is 0.00965 e. The number of nitrogens with two attached hydrogens (primary N) is 1. The molecule has 2 N–H and O–H groups in total. The molecule has 2 nitrogen and oxygen atoms in total. The van der Waals surface area contributed by atoms with Crippen LogP contribution in [0.25, 0.3) is 0 Å². The van der Waals surface area contributed by atoms with E-state index in [0.717, 1.165) is 18.4 Å². The van der Waals surface area contributed by atoms with Crippen molar-refractivity contribution < 1.29 is 0 Å². The molecule has 0 bridgehead atoms. The van der Waals surface area contributed by atoms with Crippen LogP contribution in [-0.2, 0) is 0 Å². The highest BCUT2D eigenvalue weighted by atomic mass is 15.2. The molecule has 1 aliphatic carbocycles. The standard InChI is InChI=1S/C11H24N2/c1-9(2)8-13(11-4-5-11)7-6-10(3)12/h9-11H,4-8,12H2,1-3H3. The second-order valence-electron chi connectivity index (χ2n) is 4.89. The average molecular weight is 184 g/mol. The summed E-state index contributed by atoms with van der Waals surface area (Å²) in [5.41, 5.74) is 5.77. The van der Waals surface area contributed by atoms with Crippen LogP contribution in [0.2, 0.25) is 0 Å². The molecule has 0 aromatic carbocycles. The Labute approximate surface area is 82.5 Å². The molecule has 1 saturated carbocycles. The zero-order chi connectivity index (χ0) is 9.84. The highest BCUT2D eigenvalue weighted by molar-refractivity contribution is 4.85. The van der Waals surface area contributed by atoms with Crippen molar-refractivity contribution in [2.75, 3.05) is 13.1 Å². The van der Waals surface area contributed by atoms with Gasteiger partial charge in [-0.2, -0.15) is 0 Å². The topological polar surface area (TPSA) is 29.3 Å². The third-order valence-electron chi connectivity index (χ3n) is 2.53. The molecule has 0 aromatic heterocycles. The van der Waals surface area contributed by atoms with Crippen molar-refractivity contribution in [1.82, 2.24) is 4.90 Å². The van der Waals surface area contributed by atoms with Crippen LogP contribution in [0, 0.1) is 5.92 Å². The van der Waals surface area contributed by atoms with Gasteiger partial charge in [-0.15, -0.1) is 0 Å². The fraction of sp³-hybridized carbons (Fsp3) is 1.00. The summed E-state index contributed by atoms with van der Waals surface area (Å²) in [5, 5.41) is 0. The molecule has 78 valence electrons. The average Bonchev–Trinajstić information content (AvgIpc) is 2.78. The van der Waals surface area contributed by atoms with Crippen molar-refractivity contribution in [3.8, 4) is 0 Å². The van der Waals surface area contributed by atoms with E-state index in [4.69, 9.17) is 5.73 Å². The summed E-state index contributed by atoms with van der Waals surface area (Å²) in [7, 11) is 0. The third kappa shape index (κ3) is 4.63. The van der Waals surface area contributed by atoms with Crippen molar-refractivity contribution in [3.05, 3.63) is 0 Å². The van der Waals surface area contributed by atoms with E-state index < -0.39 is 0 Å². The molecule has 0 heterocycles. The van der Waals surface area contributed by atoms with Crippen molar-refractivity contribution in [2.24, 2.45) is 11.7 Å². The van der Waals surface area contributed by atoms with E-state index in [1.807, 2.05) is 0 Å². The minimum Gasteiger partial charge on any atom is -0.328 e. The van der Waals surface area contributed by atoms with Gasteiger partial charge in [-0.25, -0.2) is 0 Å². The molecule has 13 heavy (non-hydrogen) atoms. The van der Waals surface area contributed by atoms with E-state index in [2.05, 4.69) is 25.7 Å². The van der Waals surface area contributed by atoms with Gasteiger partial charge in [0, 0.05) is 18.6 Å². The van der Waals surface area contributed by atoms with Gasteiger partial charge in [0.2, 0.25) is 0 Å². The van der Waals surface area contributed by atoms with Gasteiger partial charge in [0.05, 0.1) is 0 Å². The molecule has 0 aromatic rings. The monoisotopic (exact) mass is 184 g/mol. The summed E-state index contributed by atoms with van der Waals surface area (Å²) < 4.78 is 0. The Hall–Kier alpha value is -0.0800. The summed E-state index contributed by atoms with van der Waals surface area (Å²) in [5.74, 6) is 0.786. The summed E-state index contributed by atoms with van der Waals surface area (Å²) in [6, 6.07) is 1.24. The van der Waals surface area contributed by atoms with E-state index in [1.54, 1.807) is 0 Å². The van der Waals surface area contributed by atoms with Crippen LogP contribution in [0.15, 0.2) is 0 Å². The highest BCUT2D eigenvalue weighted by Crippen LogP contribution is 2.27.